The maximum absolute atomic E-state index is 13.9. The largest absolute Gasteiger partial charge is 0.506 e. The minimum Gasteiger partial charge on any atom is -0.506 e. The number of aromatic hydroxyl groups is 1. The molecule has 0 aliphatic heterocycles. The van der Waals surface area contributed by atoms with Crippen LogP contribution in [-0.2, 0) is 26.1 Å². The molecule has 3 aromatic carbocycles. The smallest absolute Gasteiger partial charge is 0.364 e. The molecule has 0 aromatic heterocycles. The highest BCUT2D eigenvalue weighted by Crippen LogP contribution is 2.54. The summed E-state index contributed by atoms with van der Waals surface area (Å²) in [5.74, 6) is -1.21. The van der Waals surface area contributed by atoms with Crippen LogP contribution in [0.3, 0.4) is 0 Å². The summed E-state index contributed by atoms with van der Waals surface area (Å²) < 4.78 is 50.6. The van der Waals surface area contributed by atoms with Crippen molar-refractivity contribution in [1.29, 1.82) is 0 Å². The van der Waals surface area contributed by atoms with E-state index in [4.69, 9.17) is 9.79 Å². The number of nitrogens with one attached hydrogen (secondary N) is 1. The predicted octanol–water partition coefficient (Wildman–Crippen LogP) is 5.77. The van der Waals surface area contributed by atoms with Crippen LogP contribution in [0.4, 0.5) is 10.1 Å². The first-order valence-electron chi connectivity index (χ1n) is 9.79. The Morgan fingerprint density at radius 1 is 1.00 bits per heavy atom. The number of alkyl halides is 1. The molecule has 0 aliphatic rings. The third-order valence-corrected chi connectivity index (χ3v) is 7.95. The average Bonchev–Trinajstić information content (AvgIpc) is 2.74. The number of sulfonamides is 1. The van der Waals surface area contributed by atoms with Gasteiger partial charge in [0.1, 0.15) is 5.75 Å². The second kappa shape index (κ2) is 10.8. The Labute approximate surface area is 209 Å². The summed E-state index contributed by atoms with van der Waals surface area (Å²) in [5, 5.41) is 9.89. The van der Waals surface area contributed by atoms with Crippen molar-refractivity contribution in [3.63, 3.8) is 0 Å². The van der Waals surface area contributed by atoms with Crippen LogP contribution in [-0.4, -0.2) is 29.6 Å². The summed E-state index contributed by atoms with van der Waals surface area (Å²) in [6.07, 6.45) is 1.01. The second-order valence-electron chi connectivity index (χ2n) is 7.58. The van der Waals surface area contributed by atoms with Crippen LogP contribution >= 0.6 is 35.3 Å². The number of thioether (sulfide) groups is 1. The van der Waals surface area contributed by atoms with Gasteiger partial charge in [-0.2, -0.15) is 11.8 Å². The number of hydrogen-bond donors (Lipinski definition) is 4. The van der Waals surface area contributed by atoms with E-state index in [0.29, 0.717) is 16.0 Å². The third kappa shape index (κ3) is 7.31. The molecule has 34 heavy (non-hydrogen) atoms. The van der Waals surface area contributed by atoms with Gasteiger partial charge in [0.15, 0.2) is 0 Å². The van der Waals surface area contributed by atoms with Gasteiger partial charge in [0, 0.05) is 21.5 Å². The van der Waals surface area contributed by atoms with Crippen molar-refractivity contribution in [3.8, 4) is 16.9 Å². The van der Waals surface area contributed by atoms with Crippen LogP contribution in [0.2, 0.25) is 0 Å². The monoisotopic (exact) mass is 589 g/mol. The molecule has 12 heteroatoms. The summed E-state index contributed by atoms with van der Waals surface area (Å²) in [5.41, 5.74) is 3.57. The third-order valence-electron chi connectivity index (χ3n) is 4.73. The number of benzene rings is 3. The van der Waals surface area contributed by atoms with Gasteiger partial charge in [-0.25, -0.2) is 12.8 Å². The van der Waals surface area contributed by atoms with Crippen LogP contribution in [0.15, 0.2) is 65.1 Å². The van der Waals surface area contributed by atoms with E-state index < -0.39 is 23.5 Å². The lowest BCUT2D eigenvalue weighted by Crippen LogP contribution is -2.09. The first kappa shape index (κ1) is 26.7. The van der Waals surface area contributed by atoms with Gasteiger partial charge in [-0.3, -0.25) is 9.29 Å². The zero-order chi connectivity index (χ0) is 25.1. The molecule has 0 spiro atoms. The standard InChI is InChI=1S/C22H22BrFNO6PS2/c1-34(30,31)25-20-11-17(7-9-21(20)26)16-5-2-14(3-6-16)12-33-13-15-4-8-18(19(23)10-15)22(24)32(27,28)29/h2-11,22,25-26H,12-13H2,1H3,(H2,27,28,29). The van der Waals surface area contributed by atoms with Crippen molar-refractivity contribution in [2.24, 2.45) is 0 Å². The Bertz CT molecular complexity index is 1330. The topological polar surface area (TPSA) is 124 Å². The molecule has 0 radical (unpaired) electrons. The van der Waals surface area contributed by atoms with Gasteiger partial charge in [-0.1, -0.05) is 58.4 Å². The Morgan fingerprint density at radius 3 is 2.18 bits per heavy atom. The van der Waals surface area contributed by atoms with E-state index in [9.17, 15) is 22.5 Å². The molecule has 0 heterocycles. The zero-order valence-corrected chi connectivity index (χ0v) is 22.0. The minimum atomic E-state index is -4.87. The van der Waals surface area contributed by atoms with E-state index in [1.165, 1.54) is 12.1 Å². The van der Waals surface area contributed by atoms with Gasteiger partial charge in [0.05, 0.1) is 11.9 Å². The zero-order valence-electron chi connectivity index (χ0n) is 17.9. The van der Waals surface area contributed by atoms with Gasteiger partial charge < -0.3 is 14.9 Å². The average molecular weight is 590 g/mol. The van der Waals surface area contributed by atoms with Crippen molar-refractivity contribution in [1.82, 2.24) is 0 Å². The van der Waals surface area contributed by atoms with E-state index in [1.807, 2.05) is 24.3 Å². The van der Waals surface area contributed by atoms with Crippen molar-refractivity contribution in [2.75, 3.05) is 11.0 Å². The number of phenolic OH excluding ortho intramolecular Hbond substituents is 1. The maximum Gasteiger partial charge on any atom is 0.364 e. The fourth-order valence-electron chi connectivity index (χ4n) is 3.11. The SMILES string of the molecule is CS(=O)(=O)Nc1cc(-c2ccc(CSCc3ccc(C(F)P(=O)(O)O)c(Br)c3)cc2)ccc1O. The van der Waals surface area contributed by atoms with Crippen molar-refractivity contribution < 1.29 is 32.3 Å². The van der Waals surface area contributed by atoms with E-state index in [2.05, 4.69) is 20.7 Å². The first-order valence-corrected chi connectivity index (χ1v) is 15.3. The lowest BCUT2D eigenvalue weighted by atomic mass is 10.0. The quantitative estimate of drug-likeness (QED) is 0.184. The Morgan fingerprint density at radius 2 is 1.59 bits per heavy atom. The maximum atomic E-state index is 13.9. The molecule has 1 atom stereocenters. The molecular weight excluding hydrogens is 568 g/mol. The Balaban J connectivity index is 1.62. The van der Waals surface area contributed by atoms with Crippen LogP contribution in [0.5, 0.6) is 5.75 Å². The van der Waals surface area contributed by atoms with E-state index >= 15 is 0 Å². The summed E-state index contributed by atoms with van der Waals surface area (Å²) in [6.45, 7) is 0. The summed E-state index contributed by atoms with van der Waals surface area (Å²) in [7, 11) is -8.39. The van der Waals surface area contributed by atoms with Crippen LogP contribution in [0.1, 0.15) is 22.6 Å². The van der Waals surface area contributed by atoms with E-state index in [-0.39, 0.29) is 17.0 Å². The van der Waals surface area contributed by atoms with Gasteiger partial charge in [0.2, 0.25) is 15.9 Å². The van der Waals surface area contributed by atoms with Gasteiger partial charge >= 0.3 is 7.60 Å². The second-order valence-corrected chi connectivity index (χ2v) is 12.8. The molecule has 3 rings (SSSR count). The van der Waals surface area contributed by atoms with Crippen molar-refractivity contribution >= 4 is 51.0 Å². The predicted molar refractivity (Wildman–Crippen MR) is 137 cm³/mol. The molecule has 0 saturated carbocycles. The van der Waals surface area contributed by atoms with Crippen LogP contribution in [0, 0.1) is 0 Å². The molecule has 7 nitrogen and oxygen atoms in total. The molecule has 0 saturated heterocycles. The molecule has 0 amide bonds. The number of hydrogen-bond acceptors (Lipinski definition) is 5. The minimum absolute atomic E-state index is 0.0817. The van der Waals surface area contributed by atoms with Gasteiger partial charge in [-0.15, -0.1) is 0 Å². The van der Waals surface area contributed by atoms with Crippen molar-refractivity contribution in [2.45, 2.75) is 17.4 Å². The van der Waals surface area contributed by atoms with Crippen molar-refractivity contribution in [3.05, 3.63) is 81.8 Å². The molecule has 0 aliphatic carbocycles. The molecule has 182 valence electrons. The Kier molecular flexibility index (Phi) is 8.49. The molecule has 4 N–H and O–H groups in total. The molecule has 1 unspecified atom stereocenters. The van der Waals surface area contributed by atoms with Crippen LogP contribution < -0.4 is 4.72 Å². The highest BCUT2D eigenvalue weighted by atomic mass is 79.9. The highest BCUT2D eigenvalue weighted by Gasteiger charge is 2.31. The molecule has 3 aromatic rings. The molecule has 0 bridgehead atoms. The lowest BCUT2D eigenvalue weighted by molar-refractivity contribution is 0.303. The molecule has 0 fully saturated rings. The fourth-order valence-corrected chi connectivity index (χ4v) is 6.01. The summed E-state index contributed by atoms with van der Waals surface area (Å²) in [6, 6.07) is 17.1. The summed E-state index contributed by atoms with van der Waals surface area (Å²) >= 11 is 4.81. The first-order chi connectivity index (χ1) is 15.8. The summed E-state index contributed by atoms with van der Waals surface area (Å²) in [4.78, 5) is 18.1. The van der Waals surface area contributed by atoms with Gasteiger partial charge in [0.25, 0.3) is 0 Å². The lowest BCUT2D eigenvalue weighted by Gasteiger charge is -2.13. The Hall–Kier alpha value is -1.88. The van der Waals surface area contributed by atoms with Crippen LogP contribution in [0.25, 0.3) is 11.1 Å². The molecular formula is C22H22BrFNO6PS2. The van der Waals surface area contributed by atoms with E-state index in [1.54, 1.807) is 36.0 Å². The fraction of sp³-hybridized carbons (Fsp3) is 0.182. The number of halogens is 2. The van der Waals surface area contributed by atoms with Gasteiger partial charge in [-0.05, 0) is 40.5 Å². The number of rotatable bonds is 9. The number of phenols is 1. The normalized spacial score (nSPS) is 13.0. The highest BCUT2D eigenvalue weighted by molar-refractivity contribution is 9.10. The number of anilines is 1. The van der Waals surface area contributed by atoms with E-state index in [0.717, 1.165) is 28.5 Å².